The van der Waals surface area contributed by atoms with Crippen LogP contribution in [0.25, 0.3) is 81.0 Å². The SMILES string of the molecule is c1ccc(-c2ccc(N(c3ccc(-c4ccccc4)cc3)c3c(-c4cccc5c4sc4ccccc45)ccc4c5ccccc5n(-c5ccccc5)c34)cc2)cc1. The van der Waals surface area contributed by atoms with Gasteiger partial charge in [-0.3, -0.25) is 0 Å². The van der Waals surface area contributed by atoms with Gasteiger partial charge in [0.25, 0.3) is 0 Å². The molecule has 2 heterocycles. The Balaban J connectivity index is 1.26. The molecule has 0 N–H and O–H groups in total. The summed E-state index contributed by atoms with van der Waals surface area (Å²) in [4.78, 5) is 2.49. The third-order valence-corrected chi connectivity index (χ3v) is 12.4. The van der Waals surface area contributed by atoms with Gasteiger partial charge in [-0.25, -0.2) is 0 Å². The number of rotatable bonds is 7. The molecule has 2 nitrogen and oxygen atoms in total. The summed E-state index contributed by atoms with van der Waals surface area (Å²) >= 11 is 1.88. The first-order chi connectivity index (χ1) is 28.3. The van der Waals surface area contributed by atoms with Gasteiger partial charge in [0.1, 0.15) is 0 Å². The first-order valence-corrected chi connectivity index (χ1v) is 20.3. The summed E-state index contributed by atoms with van der Waals surface area (Å²) < 4.78 is 5.06. The second kappa shape index (κ2) is 13.8. The number of aromatic nitrogens is 1. The molecule has 3 heteroatoms. The number of nitrogens with zero attached hydrogens (tertiary/aromatic N) is 2. The van der Waals surface area contributed by atoms with E-state index in [-0.39, 0.29) is 0 Å². The minimum Gasteiger partial charge on any atom is -0.308 e. The van der Waals surface area contributed by atoms with Gasteiger partial charge in [0.15, 0.2) is 0 Å². The van der Waals surface area contributed by atoms with Crippen molar-refractivity contribution in [2.24, 2.45) is 0 Å². The average Bonchev–Trinajstić information content (AvgIpc) is 3.84. The van der Waals surface area contributed by atoms with E-state index in [1.807, 2.05) is 11.3 Å². The molecule has 0 fully saturated rings. The van der Waals surface area contributed by atoms with Crippen LogP contribution in [0.1, 0.15) is 0 Å². The molecule has 0 unspecified atom stereocenters. The van der Waals surface area contributed by atoms with Crippen LogP contribution in [0, 0.1) is 0 Å². The van der Waals surface area contributed by atoms with Gasteiger partial charge in [-0.1, -0.05) is 170 Å². The van der Waals surface area contributed by atoms with E-state index in [2.05, 4.69) is 228 Å². The van der Waals surface area contributed by atoms with Gasteiger partial charge < -0.3 is 9.47 Å². The maximum Gasteiger partial charge on any atom is 0.0788 e. The van der Waals surface area contributed by atoms with Crippen molar-refractivity contribution in [1.29, 1.82) is 0 Å². The molecule has 0 bridgehead atoms. The van der Waals surface area contributed by atoms with Crippen LogP contribution in [0.3, 0.4) is 0 Å². The lowest BCUT2D eigenvalue weighted by molar-refractivity contribution is 1.17. The molecule has 0 saturated heterocycles. The van der Waals surface area contributed by atoms with E-state index < -0.39 is 0 Å². The van der Waals surface area contributed by atoms with Crippen molar-refractivity contribution in [3.05, 3.63) is 218 Å². The van der Waals surface area contributed by atoms with Gasteiger partial charge in [0.05, 0.1) is 16.7 Å². The normalized spacial score (nSPS) is 11.5. The Hall–Kier alpha value is -7.20. The van der Waals surface area contributed by atoms with E-state index in [9.17, 15) is 0 Å². The van der Waals surface area contributed by atoms with Crippen molar-refractivity contribution in [2.45, 2.75) is 0 Å². The number of para-hydroxylation sites is 2. The Labute approximate surface area is 335 Å². The quantitative estimate of drug-likeness (QED) is 0.158. The summed E-state index contributed by atoms with van der Waals surface area (Å²) in [5, 5.41) is 5.02. The predicted molar refractivity (Wildman–Crippen MR) is 245 cm³/mol. The molecule has 0 spiro atoms. The lowest BCUT2D eigenvalue weighted by Crippen LogP contribution is -2.13. The zero-order valence-electron chi connectivity index (χ0n) is 31.1. The maximum absolute atomic E-state index is 2.49. The number of hydrogen-bond donors (Lipinski definition) is 0. The van der Waals surface area contributed by atoms with Crippen LogP contribution in [0.5, 0.6) is 0 Å². The maximum atomic E-state index is 2.49. The monoisotopic (exact) mass is 744 g/mol. The molecule has 2 aromatic heterocycles. The Morgan fingerprint density at radius 1 is 0.351 bits per heavy atom. The molecule has 0 aliphatic heterocycles. The van der Waals surface area contributed by atoms with Gasteiger partial charge in [0, 0.05) is 59.1 Å². The van der Waals surface area contributed by atoms with Gasteiger partial charge in [-0.05, 0) is 70.8 Å². The molecule has 11 aromatic rings. The van der Waals surface area contributed by atoms with Gasteiger partial charge >= 0.3 is 0 Å². The summed E-state index contributed by atoms with van der Waals surface area (Å²) in [5.41, 5.74) is 14.0. The topological polar surface area (TPSA) is 8.17 Å². The van der Waals surface area contributed by atoms with Crippen LogP contribution < -0.4 is 4.90 Å². The zero-order valence-corrected chi connectivity index (χ0v) is 31.9. The Morgan fingerprint density at radius 3 is 1.53 bits per heavy atom. The zero-order chi connectivity index (χ0) is 37.7. The second-order valence-corrected chi connectivity index (χ2v) is 15.5. The number of anilines is 3. The van der Waals surface area contributed by atoms with Crippen LogP contribution in [0.4, 0.5) is 17.1 Å². The summed E-state index contributed by atoms with van der Waals surface area (Å²) in [6.45, 7) is 0. The highest BCUT2D eigenvalue weighted by Crippen LogP contribution is 2.51. The number of hydrogen-bond acceptors (Lipinski definition) is 2. The number of benzene rings is 9. The van der Waals surface area contributed by atoms with Crippen molar-refractivity contribution in [1.82, 2.24) is 4.57 Å². The lowest BCUT2D eigenvalue weighted by Gasteiger charge is -2.30. The van der Waals surface area contributed by atoms with Crippen molar-refractivity contribution < 1.29 is 0 Å². The molecular weight excluding hydrogens is 709 g/mol. The molecule has 0 aliphatic rings. The Bertz CT molecular complexity index is 3120. The molecule has 0 saturated carbocycles. The second-order valence-electron chi connectivity index (χ2n) is 14.5. The first-order valence-electron chi connectivity index (χ1n) is 19.4. The van der Waals surface area contributed by atoms with Gasteiger partial charge in [0.2, 0.25) is 0 Å². The highest BCUT2D eigenvalue weighted by molar-refractivity contribution is 7.26. The third kappa shape index (κ3) is 5.63. The molecule has 57 heavy (non-hydrogen) atoms. The number of thiophene rings is 1. The summed E-state index contributed by atoms with van der Waals surface area (Å²) in [7, 11) is 0. The van der Waals surface area contributed by atoms with Gasteiger partial charge in [-0.2, -0.15) is 0 Å². The largest absolute Gasteiger partial charge is 0.308 e. The molecule has 11 rings (SSSR count). The van der Waals surface area contributed by atoms with Crippen LogP contribution >= 0.6 is 11.3 Å². The smallest absolute Gasteiger partial charge is 0.0788 e. The highest BCUT2D eigenvalue weighted by atomic mass is 32.1. The van der Waals surface area contributed by atoms with Gasteiger partial charge in [-0.15, -0.1) is 11.3 Å². The summed E-state index contributed by atoms with van der Waals surface area (Å²) in [6.07, 6.45) is 0. The molecular formula is C54H36N2S. The molecule has 0 radical (unpaired) electrons. The summed E-state index contributed by atoms with van der Waals surface area (Å²) in [5.74, 6) is 0. The fraction of sp³-hybridized carbons (Fsp3) is 0. The molecule has 0 amide bonds. The minimum absolute atomic E-state index is 1.09. The van der Waals surface area contributed by atoms with E-state index in [4.69, 9.17) is 0 Å². The van der Waals surface area contributed by atoms with Crippen LogP contribution in [-0.4, -0.2) is 4.57 Å². The Morgan fingerprint density at radius 2 is 0.877 bits per heavy atom. The highest BCUT2D eigenvalue weighted by Gasteiger charge is 2.26. The fourth-order valence-electron chi connectivity index (χ4n) is 8.56. The van der Waals surface area contributed by atoms with Crippen LogP contribution in [-0.2, 0) is 0 Å². The van der Waals surface area contributed by atoms with E-state index in [1.54, 1.807) is 0 Å². The molecule has 0 aliphatic carbocycles. The fourth-order valence-corrected chi connectivity index (χ4v) is 9.79. The Kier molecular flexibility index (Phi) is 8.04. The molecule has 0 atom stereocenters. The van der Waals surface area contributed by atoms with Crippen molar-refractivity contribution in [3.63, 3.8) is 0 Å². The van der Waals surface area contributed by atoms with Crippen molar-refractivity contribution in [2.75, 3.05) is 4.90 Å². The lowest BCUT2D eigenvalue weighted by atomic mass is 9.96. The average molecular weight is 745 g/mol. The van der Waals surface area contributed by atoms with E-state index >= 15 is 0 Å². The van der Waals surface area contributed by atoms with Crippen molar-refractivity contribution >= 4 is 70.4 Å². The molecule has 9 aromatic carbocycles. The molecule has 268 valence electrons. The number of fused-ring (bicyclic) bond motifs is 6. The standard InChI is InChI=1S/C54H36N2S/c1-4-15-37(16-5-1)39-27-31-42(32-28-39)55(43-33-29-40(30-34-43)38-17-6-2-7-18-38)52-47(49-24-14-23-48-45-22-11-13-26-51(45)57-54(48)49)36-35-46-44-21-10-12-25-50(44)56(53(46)52)41-19-8-3-9-20-41/h1-36H. The van der Waals surface area contributed by atoms with E-state index in [0.29, 0.717) is 0 Å². The van der Waals surface area contributed by atoms with Crippen LogP contribution in [0.2, 0.25) is 0 Å². The summed E-state index contributed by atoms with van der Waals surface area (Å²) in [6, 6.07) is 79.4. The van der Waals surface area contributed by atoms with E-state index in [1.165, 1.54) is 69.8 Å². The minimum atomic E-state index is 1.09. The van der Waals surface area contributed by atoms with Crippen molar-refractivity contribution in [3.8, 4) is 39.1 Å². The van der Waals surface area contributed by atoms with Crippen LogP contribution in [0.15, 0.2) is 218 Å². The first kappa shape index (κ1) is 33.2. The third-order valence-electron chi connectivity index (χ3n) is 11.2. The van der Waals surface area contributed by atoms with E-state index in [0.717, 1.165) is 28.3 Å². The predicted octanol–water partition coefficient (Wildman–Crippen LogP) is 15.6.